The molecule has 0 amide bonds. The number of hydrogen-bond donors (Lipinski definition) is 0. The van der Waals surface area contributed by atoms with Gasteiger partial charge in [-0.1, -0.05) is 12.1 Å². The number of rotatable bonds is 2. The van der Waals surface area contributed by atoms with Gasteiger partial charge >= 0.3 is 0 Å². The highest BCUT2D eigenvalue weighted by atomic mass is 32.1. The van der Waals surface area contributed by atoms with Crippen LogP contribution in [0.25, 0.3) is 0 Å². The van der Waals surface area contributed by atoms with Crippen molar-refractivity contribution < 1.29 is 9.18 Å². The molecule has 0 bridgehead atoms. The number of thiazole rings is 1. The Kier molecular flexibility index (Phi) is 2.83. The van der Waals surface area contributed by atoms with Crippen molar-refractivity contribution in [3.05, 3.63) is 51.2 Å². The molecule has 0 saturated carbocycles. The van der Waals surface area contributed by atoms with E-state index < -0.39 is 5.82 Å². The molecule has 0 aliphatic heterocycles. The van der Waals surface area contributed by atoms with Crippen molar-refractivity contribution >= 4 is 17.1 Å². The maximum atomic E-state index is 13.4. The van der Waals surface area contributed by atoms with Gasteiger partial charge in [0.05, 0.1) is 21.1 Å². The SMILES string of the molecule is Cc1nc(C)c(C(=O)c2ccccc2F)s1. The lowest BCUT2D eigenvalue weighted by Gasteiger charge is -2.00. The molecule has 4 heteroatoms. The molecule has 1 heterocycles. The molecule has 1 aromatic heterocycles. The van der Waals surface area contributed by atoms with E-state index >= 15 is 0 Å². The summed E-state index contributed by atoms with van der Waals surface area (Å²) in [6, 6.07) is 6.00. The fourth-order valence-corrected chi connectivity index (χ4v) is 2.38. The van der Waals surface area contributed by atoms with Crippen LogP contribution in [-0.4, -0.2) is 10.8 Å². The molecule has 0 aliphatic carbocycles. The summed E-state index contributed by atoms with van der Waals surface area (Å²) in [4.78, 5) is 16.7. The van der Waals surface area contributed by atoms with Crippen LogP contribution in [0.3, 0.4) is 0 Å². The largest absolute Gasteiger partial charge is 0.288 e. The van der Waals surface area contributed by atoms with E-state index in [9.17, 15) is 9.18 Å². The van der Waals surface area contributed by atoms with Gasteiger partial charge in [-0.3, -0.25) is 4.79 Å². The Morgan fingerprint density at radius 3 is 2.56 bits per heavy atom. The Hall–Kier alpha value is -1.55. The van der Waals surface area contributed by atoms with Gasteiger partial charge < -0.3 is 0 Å². The van der Waals surface area contributed by atoms with Gasteiger partial charge in [-0.2, -0.15) is 0 Å². The normalized spacial score (nSPS) is 10.4. The van der Waals surface area contributed by atoms with Crippen LogP contribution in [0.15, 0.2) is 24.3 Å². The molecule has 0 radical (unpaired) electrons. The zero-order chi connectivity index (χ0) is 11.7. The van der Waals surface area contributed by atoms with E-state index in [4.69, 9.17) is 0 Å². The zero-order valence-corrected chi connectivity index (χ0v) is 9.77. The van der Waals surface area contributed by atoms with Gasteiger partial charge in [0.2, 0.25) is 5.78 Å². The molecule has 0 N–H and O–H groups in total. The van der Waals surface area contributed by atoms with E-state index in [0.29, 0.717) is 10.6 Å². The molecule has 0 unspecified atom stereocenters. The highest BCUT2D eigenvalue weighted by molar-refractivity contribution is 7.14. The summed E-state index contributed by atoms with van der Waals surface area (Å²) in [5.74, 6) is -0.779. The quantitative estimate of drug-likeness (QED) is 0.748. The van der Waals surface area contributed by atoms with E-state index in [-0.39, 0.29) is 11.3 Å². The molecule has 82 valence electrons. The number of carbonyl (C=O) groups excluding carboxylic acids is 1. The standard InChI is InChI=1S/C12H10FNOS/c1-7-12(16-8(2)14-7)11(15)9-5-3-4-6-10(9)13/h3-6H,1-2H3. The van der Waals surface area contributed by atoms with Crippen LogP contribution >= 0.6 is 11.3 Å². The number of halogens is 1. The van der Waals surface area contributed by atoms with E-state index in [0.717, 1.165) is 5.01 Å². The third kappa shape index (κ3) is 1.88. The van der Waals surface area contributed by atoms with Crippen molar-refractivity contribution in [1.29, 1.82) is 0 Å². The molecule has 2 aromatic rings. The second-order valence-corrected chi connectivity index (χ2v) is 4.66. The summed E-state index contributed by atoms with van der Waals surface area (Å²) >= 11 is 1.30. The molecule has 0 aliphatic rings. The van der Waals surface area contributed by atoms with E-state index in [1.165, 1.54) is 23.5 Å². The number of ketones is 1. The van der Waals surface area contributed by atoms with Crippen molar-refractivity contribution in [1.82, 2.24) is 4.98 Å². The Morgan fingerprint density at radius 2 is 2.00 bits per heavy atom. The second-order valence-electron chi connectivity index (χ2n) is 3.46. The highest BCUT2D eigenvalue weighted by Gasteiger charge is 2.18. The molecular formula is C12H10FNOS. The van der Waals surface area contributed by atoms with E-state index in [1.54, 1.807) is 19.1 Å². The van der Waals surface area contributed by atoms with Crippen molar-refractivity contribution in [2.24, 2.45) is 0 Å². The number of benzene rings is 1. The first kappa shape index (κ1) is 11.0. The molecule has 2 nitrogen and oxygen atoms in total. The smallest absolute Gasteiger partial charge is 0.207 e. The Bertz CT molecular complexity index is 548. The first-order valence-corrected chi connectivity index (χ1v) is 5.64. The van der Waals surface area contributed by atoms with Crippen LogP contribution in [0.4, 0.5) is 4.39 Å². The molecule has 0 fully saturated rings. The third-order valence-corrected chi connectivity index (χ3v) is 3.30. The molecule has 0 saturated heterocycles. The Labute approximate surface area is 96.8 Å². The lowest BCUT2D eigenvalue weighted by atomic mass is 10.1. The van der Waals surface area contributed by atoms with E-state index in [2.05, 4.69) is 4.98 Å². The topological polar surface area (TPSA) is 30.0 Å². The molecule has 2 rings (SSSR count). The van der Waals surface area contributed by atoms with Crippen molar-refractivity contribution in [2.45, 2.75) is 13.8 Å². The monoisotopic (exact) mass is 235 g/mol. The number of hydrogen-bond acceptors (Lipinski definition) is 3. The zero-order valence-electron chi connectivity index (χ0n) is 8.95. The molecular weight excluding hydrogens is 225 g/mol. The number of aryl methyl sites for hydroxylation is 2. The minimum Gasteiger partial charge on any atom is -0.288 e. The first-order chi connectivity index (χ1) is 7.59. The van der Waals surface area contributed by atoms with Crippen LogP contribution in [0.2, 0.25) is 0 Å². The van der Waals surface area contributed by atoms with E-state index in [1.807, 2.05) is 6.92 Å². The van der Waals surface area contributed by atoms with Crippen molar-refractivity contribution in [2.75, 3.05) is 0 Å². The summed E-state index contributed by atoms with van der Waals surface area (Å²) < 4.78 is 13.4. The van der Waals surface area contributed by atoms with Gasteiger partial charge in [-0.15, -0.1) is 11.3 Å². The summed E-state index contributed by atoms with van der Waals surface area (Å²) in [6.07, 6.45) is 0. The van der Waals surface area contributed by atoms with Gasteiger partial charge in [-0.05, 0) is 26.0 Å². The fraction of sp³-hybridized carbons (Fsp3) is 0.167. The third-order valence-electron chi connectivity index (χ3n) is 2.23. The maximum absolute atomic E-state index is 13.4. The van der Waals surface area contributed by atoms with Gasteiger partial charge in [0.15, 0.2) is 0 Å². The Morgan fingerprint density at radius 1 is 1.31 bits per heavy atom. The molecule has 0 atom stereocenters. The summed E-state index contributed by atoms with van der Waals surface area (Å²) in [7, 11) is 0. The predicted octanol–water partition coefficient (Wildman–Crippen LogP) is 3.13. The minimum atomic E-state index is -0.488. The number of carbonyl (C=O) groups is 1. The fourth-order valence-electron chi connectivity index (χ4n) is 1.51. The average Bonchev–Trinajstić information content (AvgIpc) is 2.58. The summed E-state index contributed by atoms with van der Waals surface area (Å²) in [5.41, 5.74) is 0.769. The van der Waals surface area contributed by atoms with Gasteiger partial charge in [0, 0.05) is 0 Å². The minimum absolute atomic E-state index is 0.106. The van der Waals surface area contributed by atoms with Crippen LogP contribution in [0.1, 0.15) is 25.9 Å². The van der Waals surface area contributed by atoms with Gasteiger partial charge in [-0.25, -0.2) is 9.37 Å². The lowest BCUT2D eigenvalue weighted by Crippen LogP contribution is -2.03. The van der Waals surface area contributed by atoms with Gasteiger partial charge in [0.25, 0.3) is 0 Å². The average molecular weight is 235 g/mol. The van der Waals surface area contributed by atoms with Gasteiger partial charge in [0.1, 0.15) is 5.82 Å². The molecule has 1 aromatic carbocycles. The maximum Gasteiger partial charge on any atom is 0.207 e. The van der Waals surface area contributed by atoms with Crippen molar-refractivity contribution in [3.63, 3.8) is 0 Å². The second kappa shape index (κ2) is 4.14. The summed E-state index contributed by atoms with van der Waals surface area (Å²) in [5, 5.41) is 0.817. The molecule has 16 heavy (non-hydrogen) atoms. The lowest BCUT2D eigenvalue weighted by molar-refractivity contribution is 0.103. The predicted molar refractivity (Wildman–Crippen MR) is 61.4 cm³/mol. The van der Waals surface area contributed by atoms with Crippen LogP contribution in [0.5, 0.6) is 0 Å². The van der Waals surface area contributed by atoms with Crippen LogP contribution in [0, 0.1) is 19.7 Å². The molecule has 0 spiro atoms. The number of aromatic nitrogens is 1. The Balaban J connectivity index is 2.47. The summed E-state index contributed by atoms with van der Waals surface area (Å²) in [6.45, 7) is 3.59. The highest BCUT2D eigenvalue weighted by Crippen LogP contribution is 2.22. The van der Waals surface area contributed by atoms with Crippen LogP contribution < -0.4 is 0 Å². The number of nitrogens with zero attached hydrogens (tertiary/aromatic N) is 1. The van der Waals surface area contributed by atoms with Crippen LogP contribution in [-0.2, 0) is 0 Å². The van der Waals surface area contributed by atoms with Crippen molar-refractivity contribution in [3.8, 4) is 0 Å². The first-order valence-electron chi connectivity index (χ1n) is 4.83.